The fraction of sp³-hybridized carbons (Fsp3) is 0.125. The number of amides is 1. The highest BCUT2D eigenvalue weighted by Gasteiger charge is 2.08. The minimum absolute atomic E-state index is 0.265. The molecule has 2 heterocycles. The van der Waals surface area contributed by atoms with Crippen LogP contribution in [0.1, 0.15) is 10.4 Å². The van der Waals surface area contributed by atoms with Crippen molar-refractivity contribution in [2.45, 2.75) is 6.92 Å². The van der Waals surface area contributed by atoms with Crippen LogP contribution in [0, 0.1) is 6.92 Å². The molecule has 0 atom stereocenters. The van der Waals surface area contributed by atoms with Crippen molar-refractivity contribution in [3.05, 3.63) is 56.0 Å². The Labute approximate surface area is 140 Å². The molecule has 3 nitrogen and oxygen atoms in total. The molecule has 0 unspecified atom stereocenters. The summed E-state index contributed by atoms with van der Waals surface area (Å²) < 4.78 is 2.98. The van der Waals surface area contributed by atoms with Gasteiger partial charge in [-0.1, -0.05) is 29.0 Å². The molecule has 6 heteroatoms. The van der Waals surface area contributed by atoms with Crippen LogP contribution in [0.25, 0.3) is 16.3 Å². The number of aryl methyl sites for hydroxylation is 2. The van der Waals surface area contributed by atoms with E-state index in [2.05, 4.69) is 4.99 Å². The van der Waals surface area contributed by atoms with E-state index in [0.717, 1.165) is 25.7 Å². The Bertz CT molecular complexity index is 933. The molecule has 0 spiro atoms. The standard InChI is InChI=1S/C16H13ClN2OS2/c1-10-12(17)6-7-13-15(10)19(2)16(22-13)18-14(20)8-5-11-4-3-9-21-11/h3-9H,1-2H3/b8-5+,18-16?. The summed E-state index contributed by atoms with van der Waals surface area (Å²) in [6.45, 7) is 1.97. The third kappa shape index (κ3) is 2.92. The average Bonchev–Trinajstić information content (AvgIpc) is 3.10. The molecule has 2 aromatic heterocycles. The van der Waals surface area contributed by atoms with Crippen molar-refractivity contribution in [3.63, 3.8) is 0 Å². The van der Waals surface area contributed by atoms with Crippen LogP contribution in [0.2, 0.25) is 5.02 Å². The van der Waals surface area contributed by atoms with Gasteiger partial charge in [-0.05, 0) is 42.1 Å². The van der Waals surface area contributed by atoms with Gasteiger partial charge in [0.05, 0.1) is 10.2 Å². The number of carbonyl (C=O) groups excluding carboxylic acids is 1. The Morgan fingerprint density at radius 1 is 1.36 bits per heavy atom. The zero-order valence-electron chi connectivity index (χ0n) is 12.0. The summed E-state index contributed by atoms with van der Waals surface area (Å²) in [7, 11) is 1.90. The molecule has 0 saturated heterocycles. The Balaban J connectivity index is 2.01. The van der Waals surface area contributed by atoms with Gasteiger partial charge >= 0.3 is 0 Å². The van der Waals surface area contributed by atoms with Crippen molar-refractivity contribution >= 4 is 56.5 Å². The van der Waals surface area contributed by atoms with Crippen LogP contribution in [0.15, 0.2) is 40.7 Å². The van der Waals surface area contributed by atoms with Crippen LogP contribution >= 0.6 is 34.3 Å². The first-order valence-corrected chi connectivity index (χ1v) is 8.68. The fourth-order valence-corrected chi connectivity index (χ4v) is 4.04. The van der Waals surface area contributed by atoms with Crippen LogP contribution in [0.5, 0.6) is 0 Å². The lowest BCUT2D eigenvalue weighted by Gasteiger charge is -2.01. The van der Waals surface area contributed by atoms with E-state index in [-0.39, 0.29) is 5.91 Å². The summed E-state index contributed by atoms with van der Waals surface area (Å²) in [4.78, 5) is 17.9. The molecule has 0 fully saturated rings. The molecule has 1 amide bonds. The maximum Gasteiger partial charge on any atom is 0.272 e. The Kier molecular flexibility index (Phi) is 4.29. The van der Waals surface area contributed by atoms with Gasteiger partial charge in [-0.3, -0.25) is 4.79 Å². The number of halogens is 1. The number of carbonyl (C=O) groups is 1. The second-order valence-corrected chi connectivity index (χ2v) is 7.16. The molecule has 3 rings (SSSR count). The Morgan fingerprint density at radius 2 is 2.18 bits per heavy atom. The second-order valence-electron chi connectivity index (χ2n) is 4.76. The van der Waals surface area contributed by atoms with Crippen molar-refractivity contribution in [1.29, 1.82) is 0 Å². The number of aromatic nitrogens is 1. The largest absolute Gasteiger partial charge is 0.319 e. The highest BCUT2D eigenvalue weighted by Crippen LogP contribution is 2.26. The normalized spacial score (nSPS) is 12.6. The van der Waals surface area contributed by atoms with Crippen LogP contribution < -0.4 is 4.80 Å². The fourth-order valence-electron chi connectivity index (χ4n) is 2.18. The highest BCUT2D eigenvalue weighted by atomic mass is 35.5. The maximum absolute atomic E-state index is 12.0. The first-order chi connectivity index (χ1) is 10.6. The molecular weight excluding hydrogens is 336 g/mol. The molecule has 112 valence electrons. The molecular formula is C16H13ClN2OS2. The monoisotopic (exact) mass is 348 g/mol. The molecule has 0 bridgehead atoms. The van der Waals surface area contributed by atoms with E-state index >= 15 is 0 Å². The van der Waals surface area contributed by atoms with Gasteiger partial charge in [0.15, 0.2) is 4.80 Å². The molecule has 3 aromatic rings. The minimum atomic E-state index is -0.265. The summed E-state index contributed by atoms with van der Waals surface area (Å²) in [5, 5.41) is 2.69. The molecule has 0 aliphatic rings. The first kappa shape index (κ1) is 15.2. The minimum Gasteiger partial charge on any atom is -0.319 e. The molecule has 0 saturated carbocycles. The van der Waals surface area contributed by atoms with Crippen LogP contribution in [0.3, 0.4) is 0 Å². The van der Waals surface area contributed by atoms with Gasteiger partial charge in [0.2, 0.25) is 0 Å². The molecule has 0 radical (unpaired) electrons. The number of hydrogen-bond donors (Lipinski definition) is 0. The SMILES string of the molecule is Cc1c(Cl)ccc2sc(=NC(=O)/C=C/c3cccs3)n(C)c12. The zero-order valence-corrected chi connectivity index (χ0v) is 14.4. The third-order valence-electron chi connectivity index (χ3n) is 3.29. The van der Waals surface area contributed by atoms with Gasteiger partial charge in [0.25, 0.3) is 5.91 Å². The van der Waals surface area contributed by atoms with E-state index in [9.17, 15) is 4.79 Å². The predicted octanol–water partition coefficient (Wildman–Crippen LogP) is 4.40. The number of thiophene rings is 1. The zero-order chi connectivity index (χ0) is 15.7. The third-order valence-corrected chi connectivity index (χ3v) is 5.63. The van der Waals surface area contributed by atoms with Crippen molar-refractivity contribution in [2.75, 3.05) is 0 Å². The van der Waals surface area contributed by atoms with E-state index in [0.29, 0.717) is 4.80 Å². The quantitative estimate of drug-likeness (QED) is 0.632. The van der Waals surface area contributed by atoms with Crippen molar-refractivity contribution in [3.8, 4) is 0 Å². The predicted molar refractivity (Wildman–Crippen MR) is 94.5 cm³/mol. The van der Waals surface area contributed by atoms with Gasteiger partial charge < -0.3 is 4.57 Å². The van der Waals surface area contributed by atoms with Gasteiger partial charge in [0.1, 0.15) is 0 Å². The van der Waals surface area contributed by atoms with Gasteiger partial charge in [-0.25, -0.2) is 0 Å². The molecule has 0 aliphatic heterocycles. The lowest BCUT2D eigenvalue weighted by atomic mass is 10.2. The Morgan fingerprint density at radius 3 is 2.91 bits per heavy atom. The van der Waals surface area contributed by atoms with E-state index in [1.54, 1.807) is 17.4 Å². The molecule has 0 aliphatic carbocycles. The number of hydrogen-bond acceptors (Lipinski definition) is 3. The lowest BCUT2D eigenvalue weighted by Crippen LogP contribution is -2.12. The number of nitrogens with zero attached hydrogens (tertiary/aromatic N) is 2. The van der Waals surface area contributed by atoms with Crippen LogP contribution in [-0.2, 0) is 11.8 Å². The van der Waals surface area contributed by atoms with Gasteiger partial charge in [-0.2, -0.15) is 4.99 Å². The molecule has 0 N–H and O–H groups in total. The summed E-state index contributed by atoms with van der Waals surface area (Å²) in [5.41, 5.74) is 2.02. The van der Waals surface area contributed by atoms with Crippen molar-refractivity contribution < 1.29 is 4.79 Å². The number of benzene rings is 1. The number of rotatable bonds is 2. The van der Waals surface area contributed by atoms with E-state index in [4.69, 9.17) is 11.6 Å². The summed E-state index contributed by atoms with van der Waals surface area (Å²) >= 11 is 9.23. The average molecular weight is 349 g/mol. The summed E-state index contributed by atoms with van der Waals surface area (Å²) in [6, 6.07) is 7.74. The first-order valence-electron chi connectivity index (χ1n) is 6.61. The van der Waals surface area contributed by atoms with E-state index < -0.39 is 0 Å². The molecule has 1 aromatic carbocycles. The highest BCUT2D eigenvalue weighted by molar-refractivity contribution is 7.16. The topological polar surface area (TPSA) is 34.4 Å². The smallest absolute Gasteiger partial charge is 0.272 e. The Hall–Kier alpha value is -1.69. The number of thiazole rings is 1. The van der Waals surface area contributed by atoms with E-state index in [1.807, 2.05) is 48.2 Å². The van der Waals surface area contributed by atoms with Gasteiger partial charge in [-0.15, -0.1) is 11.3 Å². The van der Waals surface area contributed by atoms with Gasteiger partial charge in [0, 0.05) is 23.0 Å². The lowest BCUT2D eigenvalue weighted by molar-refractivity contribution is -0.113. The second kappa shape index (κ2) is 6.20. The summed E-state index contributed by atoms with van der Waals surface area (Å²) in [5.74, 6) is -0.265. The van der Waals surface area contributed by atoms with Crippen LogP contribution in [-0.4, -0.2) is 10.5 Å². The van der Waals surface area contributed by atoms with E-state index in [1.165, 1.54) is 17.4 Å². The van der Waals surface area contributed by atoms with Crippen molar-refractivity contribution in [1.82, 2.24) is 4.57 Å². The number of fused-ring (bicyclic) bond motifs is 1. The summed E-state index contributed by atoms with van der Waals surface area (Å²) in [6.07, 6.45) is 3.28. The van der Waals surface area contributed by atoms with Crippen molar-refractivity contribution in [2.24, 2.45) is 12.0 Å². The maximum atomic E-state index is 12.0. The molecule has 22 heavy (non-hydrogen) atoms. The van der Waals surface area contributed by atoms with Crippen LogP contribution in [0.4, 0.5) is 0 Å².